The number of carboxylic acids is 1. The van der Waals surface area contributed by atoms with Gasteiger partial charge in [-0.25, -0.2) is 0 Å². The van der Waals surface area contributed by atoms with E-state index in [1.165, 1.54) is 0 Å². The van der Waals surface area contributed by atoms with Crippen molar-refractivity contribution in [3.05, 3.63) is 48.2 Å². The van der Waals surface area contributed by atoms with Crippen LogP contribution in [0, 0.1) is 6.92 Å². The van der Waals surface area contributed by atoms with Crippen molar-refractivity contribution >= 4 is 16.9 Å². The van der Waals surface area contributed by atoms with Crippen molar-refractivity contribution in [2.75, 3.05) is 0 Å². The van der Waals surface area contributed by atoms with Crippen molar-refractivity contribution in [3.63, 3.8) is 0 Å². The minimum absolute atomic E-state index is 0.215. The number of aromatic hydroxyl groups is 1. The van der Waals surface area contributed by atoms with Gasteiger partial charge in [-0.2, -0.15) is 0 Å². The summed E-state index contributed by atoms with van der Waals surface area (Å²) in [6.07, 6.45) is 4.45. The average Bonchev–Trinajstić information content (AvgIpc) is 2.87. The zero-order valence-electron chi connectivity index (χ0n) is 14.3. The van der Waals surface area contributed by atoms with Crippen molar-refractivity contribution in [1.29, 1.82) is 0 Å². The Morgan fingerprint density at radius 3 is 2.72 bits per heavy atom. The highest BCUT2D eigenvalue weighted by molar-refractivity contribution is 5.91. The molecule has 0 aliphatic carbocycles. The van der Waals surface area contributed by atoms with Crippen LogP contribution in [0.1, 0.15) is 31.2 Å². The van der Waals surface area contributed by atoms with Gasteiger partial charge in [0.15, 0.2) is 0 Å². The second kappa shape index (κ2) is 7.38. The predicted octanol–water partition coefficient (Wildman–Crippen LogP) is 4.36. The monoisotopic (exact) mass is 338 g/mol. The van der Waals surface area contributed by atoms with Crippen LogP contribution in [0.3, 0.4) is 0 Å². The summed E-state index contributed by atoms with van der Waals surface area (Å²) in [5, 5.41) is 19.6. The van der Waals surface area contributed by atoms with Crippen LogP contribution in [0.5, 0.6) is 5.75 Å². The van der Waals surface area contributed by atoms with Gasteiger partial charge < -0.3 is 14.8 Å². The smallest absolute Gasteiger partial charge is 0.303 e. The maximum absolute atomic E-state index is 10.6. The first kappa shape index (κ1) is 17.0. The molecule has 3 rings (SSSR count). The summed E-state index contributed by atoms with van der Waals surface area (Å²) in [6, 6.07) is 11.3. The number of aliphatic carboxylic acids is 1. The van der Waals surface area contributed by atoms with E-state index in [9.17, 15) is 9.90 Å². The number of carboxylic acid groups (broad SMARTS) is 1. The Hall–Kier alpha value is -2.82. The normalized spacial score (nSPS) is 11.1. The zero-order valence-corrected chi connectivity index (χ0v) is 14.3. The fraction of sp³-hybridized carbons (Fsp3) is 0.300. The number of fused-ring (bicyclic) bond motifs is 1. The number of hydrogen-bond acceptors (Lipinski definition) is 3. The first-order valence-corrected chi connectivity index (χ1v) is 8.53. The summed E-state index contributed by atoms with van der Waals surface area (Å²) in [4.78, 5) is 15.1. The van der Waals surface area contributed by atoms with Gasteiger partial charge in [-0.3, -0.25) is 9.78 Å². The summed E-state index contributed by atoms with van der Waals surface area (Å²) >= 11 is 0. The molecule has 5 heteroatoms. The van der Waals surface area contributed by atoms with Crippen LogP contribution in [0.4, 0.5) is 0 Å². The summed E-state index contributed by atoms with van der Waals surface area (Å²) in [5.74, 6) is -0.492. The van der Waals surface area contributed by atoms with Crippen LogP contribution in [0.25, 0.3) is 22.3 Å². The molecule has 0 spiro atoms. The van der Waals surface area contributed by atoms with E-state index in [4.69, 9.17) is 5.11 Å². The molecule has 0 amide bonds. The summed E-state index contributed by atoms with van der Waals surface area (Å²) in [6.45, 7) is 2.84. The van der Waals surface area contributed by atoms with E-state index in [0.717, 1.165) is 47.2 Å². The van der Waals surface area contributed by atoms with E-state index in [0.29, 0.717) is 6.42 Å². The molecule has 0 aliphatic rings. The molecule has 0 radical (unpaired) electrons. The van der Waals surface area contributed by atoms with E-state index in [1.807, 2.05) is 31.2 Å². The van der Waals surface area contributed by atoms with E-state index in [2.05, 4.69) is 9.55 Å². The van der Waals surface area contributed by atoms with Crippen molar-refractivity contribution in [2.24, 2.45) is 0 Å². The summed E-state index contributed by atoms with van der Waals surface area (Å²) in [7, 11) is 0. The van der Waals surface area contributed by atoms with Crippen LogP contribution in [-0.2, 0) is 11.3 Å². The first-order valence-electron chi connectivity index (χ1n) is 8.53. The van der Waals surface area contributed by atoms with Crippen molar-refractivity contribution in [1.82, 2.24) is 9.55 Å². The van der Waals surface area contributed by atoms with E-state index in [-0.39, 0.29) is 12.2 Å². The van der Waals surface area contributed by atoms with Gasteiger partial charge in [0.05, 0.1) is 11.4 Å². The van der Waals surface area contributed by atoms with Crippen molar-refractivity contribution in [2.45, 2.75) is 39.2 Å². The van der Waals surface area contributed by atoms with Gasteiger partial charge >= 0.3 is 5.97 Å². The molecule has 0 saturated heterocycles. The summed E-state index contributed by atoms with van der Waals surface area (Å²) < 4.78 is 2.23. The molecular formula is C20H22N2O3. The molecule has 2 aromatic heterocycles. The molecule has 2 heterocycles. The largest absolute Gasteiger partial charge is 0.508 e. The third-order valence-corrected chi connectivity index (χ3v) is 4.48. The summed E-state index contributed by atoms with van der Waals surface area (Å²) in [5.41, 5.74) is 4.12. The predicted molar refractivity (Wildman–Crippen MR) is 97.7 cm³/mol. The van der Waals surface area contributed by atoms with Crippen LogP contribution < -0.4 is 0 Å². The maximum atomic E-state index is 10.6. The number of phenolic OH excluding ortho intramolecular Hbond substituents is 1. The Morgan fingerprint density at radius 2 is 2.00 bits per heavy atom. The van der Waals surface area contributed by atoms with E-state index < -0.39 is 5.97 Å². The van der Waals surface area contributed by atoms with Crippen molar-refractivity contribution in [3.8, 4) is 17.1 Å². The average molecular weight is 338 g/mol. The number of nitrogens with zero attached hydrogens (tertiary/aromatic N) is 2. The van der Waals surface area contributed by atoms with Gasteiger partial charge in [0.1, 0.15) is 5.75 Å². The zero-order chi connectivity index (χ0) is 17.8. The van der Waals surface area contributed by atoms with Gasteiger partial charge in [0.25, 0.3) is 0 Å². The lowest BCUT2D eigenvalue weighted by Gasteiger charge is -2.11. The first-order chi connectivity index (χ1) is 12.1. The molecule has 2 N–H and O–H groups in total. The molecule has 1 aromatic carbocycles. The molecule has 0 bridgehead atoms. The van der Waals surface area contributed by atoms with Crippen LogP contribution in [-0.4, -0.2) is 25.7 Å². The number of carbonyl (C=O) groups is 1. The second-order valence-electron chi connectivity index (χ2n) is 6.25. The number of unbranched alkanes of at least 4 members (excludes halogenated alkanes) is 2. The highest BCUT2D eigenvalue weighted by atomic mass is 16.4. The molecule has 130 valence electrons. The fourth-order valence-corrected chi connectivity index (χ4v) is 3.30. The van der Waals surface area contributed by atoms with Gasteiger partial charge in [0.2, 0.25) is 0 Å². The minimum Gasteiger partial charge on any atom is -0.508 e. The number of aromatic nitrogens is 2. The van der Waals surface area contributed by atoms with E-state index >= 15 is 0 Å². The van der Waals surface area contributed by atoms with E-state index in [1.54, 1.807) is 18.3 Å². The molecule has 0 aliphatic heterocycles. The standard InChI is InChI=1S/C20H22N2O3/c1-14-16-13-15(23)9-10-18(16)22(12-6-2-3-8-19(24)25)20(14)17-7-4-5-11-21-17/h4-5,7,9-11,13,23H,2-3,6,8,12H2,1H3,(H,24,25). The third-order valence-electron chi connectivity index (χ3n) is 4.48. The SMILES string of the molecule is Cc1c(-c2ccccn2)n(CCCCCC(=O)O)c2ccc(O)cc12. The lowest BCUT2D eigenvalue weighted by molar-refractivity contribution is -0.137. The quantitative estimate of drug-likeness (QED) is 0.628. The second-order valence-corrected chi connectivity index (χ2v) is 6.25. The number of hydrogen-bond donors (Lipinski definition) is 2. The number of benzene rings is 1. The Balaban J connectivity index is 1.95. The van der Waals surface area contributed by atoms with Gasteiger partial charge in [-0.15, -0.1) is 0 Å². The van der Waals surface area contributed by atoms with Gasteiger partial charge in [0, 0.05) is 30.1 Å². The van der Waals surface area contributed by atoms with Crippen molar-refractivity contribution < 1.29 is 15.0 Å². The van der Waals surface area contributed by atoms with Crippen LogP contribution in [0.15, 0.2) is 42.6 Å². The minimum atomic E-state index is -0.744. The molecule has 3 aromatic rings. The number of aryl methyl sites for hydroxylation is 2. The number of pyridine rings is 1. The highest BCUT2D eigenvalue weighted by Gasteiger charge is 2.16. The molecule has 0 atom stereocenters. The third kappa shape index (κ3) is 3.65. The number of rotatable bonds is 7. The number of phenols is 1. The van der Waals surface area contributed by atoms with Gasteiger partial charge in [-0.05, 0) is 55.7 Å². The molecule has 25 heavy (non-hydrogen) atoms. The molecule has 0 unspecified atom stereocenters. The molecular weight excluding hydrogens is 316 g/mol. The fourth-order valence-electron chi connectivity index (χ4n) is 3.30. The lowest BCUT2D eigenvalue weighted by Crippen LogP contribution is -2.02. The van der Waals surface area contributed by atoms with Gasteiger partial charge in [-0.1, -0.05) is 12.5 Å². The maximum Gasteiger partial charge on any atom is 0.303 e. The topological polar surface area (TPSA) is 75.4 Å². The Bertz CT molecular complexity index is 885. The Morgan fingerprint density at radius 1 is 1.16 bits per heavy atom. The Labute approximate surface area is 146 Å². The molecule has 5 nitrogen and oxygen atoms in total. The van der Waals surface area contributed by atoms with Crippen LogP contribution >= 0.6 is 0 Å². The Kier molecular flexibility index (Phi) is 5.03. The lowest BCUT2D eigenvalue weighted by atomic mass is 10.1. The molecule has 0 fully saturated rings. The van der Waals surface area contributed by atoms with Crippen LogP contribution in [0.2, 0.25) is 0 Å². The molecule has 0 saturated carbocycles. The highest BCUT2D eigenvalue weighted by Crippen LogP contribution is 2.34.